The van der Waals surface area contributed by atoms with Crippen molar-refractivity contribution in [3.05, 3.63) is 34.3 Å². The molecule has 2 rings (SSSR count). The minimum Gasteiger partial charge on any atom is -0.444 e. The minimum atomic E-state index is -3.41. The molecule has 1 fully saturated rings. The van der Waals surface area contributed by atoms with Crippen molar-refractivity contribution in [1.82, 2.24) is 5.32 Å². The third-order valence-electron chi connectivity index (χ3n) is 4.02. The first kappa shape index (κ1) is 19.2. The number of nitrogens with two attached hydrogens (primary N) is 1. The summed E-state index contributed by atoms with van der Waals surface area (Å²) in [4.78, 5) is 12.2. The molecule has 0 aromatic heterocycles. The van der Waals surface area contributed by atoms with Gasteiger partial charge in [0.2, 0.25) is 0 Å². The van der Waals surface area contributed by atoms with E-state index in [1.165, 1.54) is 0 Å². The molecule has 1 amide bonds. The lowest BCUT2D eigenvalue weighted by molar-refractivity contribution is 0.0497. The lowest BCUT2D eigenvalue weighted by Gasteiger charge is -2.24. The van der Waals surface area contributed by atoms with Crippen LogP contribution in [0, 0.1) is 0 Å². The van der Waals surface area contributed by atoms with Crippen molar-refractivity contribution in [3.63, 3.8) is 0 Å². The topological polar surface area (TPSA) is 98.5 Å². The zero-order chi connectivity index (χ0) is 18.3. The molecule has 0 unspecified atom stereocenters. The molecule has 0 saturated heterocycles. The van der Waals surface area contributed by atoms with Crippen LogP contribution in [0.5, 0.6) is 0 Å². The standard InChI is InChI=1S/C16H23BrN2O4S/c1-15(2,3)23-14(20)19-16(9-18)12(13(16)24(4,21)22)10-5-7-11(17)8-6-10/h5-8,12-13H,9,18H2,1-4H3,(H,19,20)/t12-,13+,16-/m1/s1. The molecule has 8 heteroatoms. The zero-order valence-electron chi connectivity index (χ0n) is 14.2. The summed E-state index contributed by atoms with van der Waals surface area (Å²) in [5.41, 5.74) is 4.97. The second kappa shape index (κ2) is 6.31. The zero-order valence-corrected chi connectivity index (χ0v) is 16.6. The van der Waals surface area contributed by atoms with Gasteiger partial charge in [0.15, 0.2) is 9.84 Å². The fourth-order valence-corrected chi connectivity index (χ4v) is 5.26. The largest absolute Gasteiger partial charge is 0.444 e. The molecule has 1 aliphatic rings. The predicted molar refractivity (Wildman–Crippen MR) is 96.7 cm³/mol. The Bertz CT molecular complexity index is 727. The van der Waals surface area contributed by atoms with Gasteiger partial charge in [-0.15, -0.1) is 0 Å². The molecule has 1 saturated carbocycles. The number of hydrogen-bond acceptors (Lipinski definition) is 5. The number of rotatable bonds is 4. The van der Waals surface area contributed by atoms with Crippen LogP contribution < -0.4 is 11.1 Å². The van der Waals surface area contributed by atoms with E-state index in [9.17, 15) is 13.2 Å². The van der Waals surface area contributed by atoms with Gasteiger partial charge in [-0.1, -0.05) is 28.1 Å². The van der Waals surface area contributed by atoms with E-state index < -0.39 is 38.2 Å². The van der Waals surface area contributed by atoms with E-state index in [1.54, 1.807) is 20.8 Å². The molecule has 1 aliphatic carbocycles. The number of hydrogen-bond donors (Lipinski definition) is 2. The first-order valence-electron chi connectivity index (χ1n) is 7.56. The van der Waals surface area contributed by atoms with Crippen LogP contribution in [0.15, 0.2) is 28.7 Å². The van der Waals surface area contributed by atoms with Gasteiger partial charge in [-0.25, -0.2) is 13.2 Å². The van der Waals surface area contributed by atoms with E-state index >= 15 is 0 Å². The van der Waals surface area contributed by atoms with E-state index in [0.717, 1.165) is 16.3 Å². The normalized spacial score (nSPS) is 26.8. The van der Waals surface area contributed by atoms with Crippen LogP contribution in [0.3, 0.4) is 0 Å². The summed E-state index contributed by atoms with van der Waals surface area (Å²) >= 11 is 3.36. The average molecular weight is 419 g/mol. The SMILES string of the molecule is CC(C)(C)OC(=O)N[C@]1(CN)[C@H](c2ccc(Br)cc2)[C@@H]1S(C)(=O)=O. The Kier molecular flexibility index (Phi) is 5.05. The van der Waals surface area contributed by atoms with E-state index in [0.29, 0.717) is 0 Å². The summed E-state index contributed by atoms with van der Waals surface area (Å²) in [5, 5.41) is 1.94. The van der Waals surface area contributed by atoms with E-state index in [4.69, 9.17) is 10.5 Å². The number of amides is 1. The van der Waals surface area contributed by atoms with Gasteiger partial charge in [0.1, 0.15) is 5.60 Å². The van der Waals surface area contributed by atoms with Crippen LogP contribution in [0.25, 0.3) is 0 Å². The predicted octanol–water partition coefficient (Wildman–Crippen LogP) is 2.18. The summed E-state index contributed by atoms with van der Waals surface area (Å²) in [6.45, 7) is 5.24. The van der Waals surface area contributed by atoms with Gasteiger partial charge < -0.3 is 15.8 Å². The number of carbonyl (C=O) groups is 1. The average Bonchev–Trinajstić information content (AvgIpc) is 3.06. The van der Waals surface area contributed by atoms with Crippen molar-refractivity contribution >= 4 is 31.9 Å². The maximum Gasteiger partial charge on any atom is 0.408 e. The van der Waals surface area contributed by atoms with Gasteiger partial charge in [0.05, 0.1) is 10.8 Å². The number of benzene rings is 1. The second-order valence-electron chi connectivity index (χ2n) is 7.15. The van der Waals surface area contributed by atoms with Gasteiger partial charge in [-0.3, -0.25) is 0 Å². The highest BCUT2D eigenvalue weighted by atomic mass is 79.9. The number of alkyl carbamates (subject to hydrolysis) is 1. The van der Waals surface area contributed by atoms with Gasteiger partial charge in [0, 0.05) is 23.2 Å². The van der Waals surface area contributed by atoms with Crippen molar-refractivity contribution < 1.29 is 17.9 Å². The van der Waals surface area contributed by atoms with E-state index in [2.05, 4.69) is 21.2 Å². The second-order valence-corrected chi connectivity index (χ2v) is 10.2. The maximum absolute atomic E-state index is 12.2. The number of carbonyl (C=O) groups excluding carboxylic acids is 1. The summed E-state index contributed by atoms with van der Waals surface area (Å²) in [6.07, 6.45) is 0.499. The quantitative estimate of drug-likeness (QED) is 0.780. The molecule has 0 heterocycles. The van der Waals surface area contributed by atoms with Gasteiger partial charge in [0.25, 0.3) is 0 Å². The minimum absolute atomic E-state index is 0.00467. The van der Waals surface area contributed by atoms with Crippen LogP contribution in [-0.4, -0.2) is 43.7 Å². The molecule has 0 spiro atoms. The number of ether oxygens (including phenoxy) is 1. The Morgan fingerprint density at radius 1 is 1.33 bits per heavy atom. The van der Waals surface area contributed by atoms with E-state index in [1.807, 2.05) is 24.3 Å². The van der Waals surface area contributed by atoms with Crippen molar-refractivity contribution in [2.24, 2.45) is 5.73 Å². The summed E-state index contributed by atoms with van der Waals surface area (Å²) in [6, 6.07) is 7.34. The Labute approximate surface area is 151 Å². The Balaban J connectivity index is 2.34. The van der Waals surface area contributed by atoms with Crippen LogP contribution in [0.1, 0.15) is 32.3 Å². The molecular weight excluding hydrogens is 396 g/mol. The lowest BCUT2D eigenvalue weighted by atomic mass is 10.1. The van der Waals surface area contributed by atoms with Crippen molar-refractivity contribution in [1.29, 1.82) is 0 Å². The summed E-state index contributed by atoms with van der Waals surface area (Å²) < 4.78 is 30.6. The van der Waals surface area contributed by atoms with Crippen LogP contribution in [0.4, 0.5) is 4.79 Å². The van der Waals surface area contributed by atoms with Crippen molar-refractivity contribution in [2.75, 3.05) is 12.8 Å². The highest BCUT2D eigenvalue weighted by Crippen LogP contribution is 2.55. The molecule has 3 atom stereocenters. The first-order valence-corrected chi connectivity index (χ1v) is 10.3. The van der Waals surface area contributed by atoms with Gasteiger partial charge in [-0.2, -0.15) is 0 Å². The molecule has 24 heavy (non-hydrogen) atoms. The number of sulfone groups is 1. The molecule has 0 bridgehead atoms. The number of halogens is 1. The van der Waals surface area contributed by atoms with Gasteiger partial charge >= 0.3 is 6.09 Å². The molecule has 1 aromatic carbocycles. The van der Waals surface area contributed by atoms with Crippen LogP contribution in [0.2, 0.25) is 0 Å². The fraction of sp³-hybridized carbons (Fsp3) is 0.562. The third kappa shape index (κ3) is 3.92. The highest BCUT2D eigenvalue weighted by Gasteiger charge is 2.70. The molecule has 1 aromatic rings. The maximum atomic E-state index is 12.2. The third-order valence-corrected chi connectivity index (χ3v) is 6.16. The van der Waals surface area contributed by atoms with Crippen LogP contribution in [-0.2, 0) is 14.6 Å². The van der Waals surface area contributed by atoms with Crippen LogP contribution >= 0.6 is 15.9 Å². The number of nitrogens with one attached hydrogen (secondary N) is 1. The molecular formula is C16H23BrN2O4S. The fourth-order valence-electron chi connectivity index (χ4n) is 3.11. The lowest BCUT2D eigenvalue weighted by Crippen LogP contribution is -2.48. The first-order chi connectivity index (χ1) is 10.9. The Morgan fingerprint density at radius 2 is 1.88 bits per heavy atom. The smallest absolute Gasteiger partial charge is 0.408 e. The molecule has 6 nitrogen and oxygen atoms in total. The molecule has 0 radical (unpaired) electrons. The van der Waals surface area contributed by atoms with Gasteiger partial charge in [-0.05, 0) is 38.5 Å². The Morgan fingerprint density at radius 3 is 2.29 bits per heavy atom. The monoisotopic (exact) mass is 418 g/mol. The molecule has 0 aliphatic heterocycles. The van der Waals surface area contributed by atoms with Crippen molar-refractivity contribution in [2.45, 2.75) is 43.1 Å². The molecule has 134 valence electrons. The Hall–Kier alpha value is -1.12. The van der Waals surface area contributed by atoms with Crippen molar-refractivity contribution in [3.8, 4) is 0 Å². The molecule has 3 N–H and O–H groups in total. The summed E-state index contributed by atoms with van der Waals surface area (Å²) in [5.74, 6) is -0.405. The summed E-state index contributed by atoms with van der Waals surface area (Å²) in [7, 11) is -3.41. The van der Waals surface area contributed by atoms with E-state index in [-0.39, 0.29) is 6.54 Å². The highest BCUT2D eigenvalue weighted by molar-refractivity contribution is 9.10.